The molecule has 3 fully saturated rings. The molecular formula is C11H17N5O2S. The van der Waals surface area contributed by atoms with Gasteiger partial charge in [-0.1, -0.05) is 11.8 Å². The number of piperidine rings is 3. The summed E-state index contributed by atoms with van der Waals surface area (Å²) in [6.07, 6.45) is 2.34. The highest BCUT2D eigenvalue weighted by Crippen LogP contribution is 2.38. The molecule has 0 spiro atoms. The molecule has 0 saturated carbocycles. The lowest BCUT2D eigenvalue weighted by molar-refractivity contribution is -0.133. The van der Waals surface area contributed by atoms with E-state index in [1.54, 1.807) is 0 Å². The molecule has 8 heteroatoms. The minimum atomic E-state index is -0.855. The zero-order valence-corrected chi connectivity index (χ0v) is 11.3. The number of aliphatic carboxylic acids is 1. The third kappa shape index (κ3) is 2.42. The first kappa shape index (κ1) is 12.7. The SMILES string of the molecule is Nc1nnc(SCC(=O)O)n1C1CN2CCC1CC2. The number of nitrogens with two attached hydrogens (primary N) is 1. The van der Waals surface area contributed by atoms with Gasteiger partial charge >= 0.3 is 5.97 Å². The molecule has 104 valence electrons. The van der Waals surface area contributed by atoms with Crippen LogP contribution in [0.5, 0.6) is 0 Å². The monoisotopic (exact) mass is 283 g/mol. The second-order valence-corrected chi connectivity index (χ2v) is 6.04. The smallest absolute Gasteiger partial charge is 0.313 e. The van der Waals surface area contributed by atoms with E-state index >= 15 is 0 Å². The van der Waals surface area contributed by atoms with Crippen molar-refractivity contribution in [1.29, 1.82) is 0 Å². The Morgan fingerprint density at radius 2 is 2.16 bits per heavy atom. The summed E-state index contributed by atoms with van der Waals surface area (Å²) in [5, 5.41) is 17.3. The summed E-state index contributed by atoms with van der Waals surface area (Å²) < 4.78 is 1.93. The van der Waals surface area contributed by atoms with E-state index in [1.165, 1.54) is 24.6 Å². The molecule has 3 aliphatic heterocycles. The average Bonchev–Trinajstić information content (AvgIpc) is 2.78. The van der Waals surface area contributed by atoms with E-state index in [0.717, 1.165) is 19.6 Å². The van der Waals surface area contributed by atoms with Crippen LogP contribution in [0.2, 0.25) is 0 Å². The van der Waals surface area contributed by atoms with Crippen LogP contribution in [0.25, 0.3) is 0 Å². The number of carboxylic acid groups (broad SMARTS) is 1. The number of carbonyl (C=O) groups is 1. The Morgan fingerprint density at radius 1 is 1.42 bits per heavy atom. The van der Waals surface area contributed by atoms with E-state index in [0.29, 0.717) is 17.0 Å². The first-order valence-electron chi connectivity index (χ1n) is 6.42. The number of nitrogen functional groups attached to an aromatic ring is 1. The van der Waals surface area contributed by atoms with Gasteiger partial charge in [-0.25, -0.2) is 0 Å². The molecule has 1 aromatic rings. The lowest BCUT2D eigenvalue weighted by atomic mass is 9.84. The highest BCUT2D eigenvalue weighted by atomic mass is 32.2. The fourth-order valence-corrected chi connectivity index (χ4v) is 3.77. The summed E-state index contributed by atoms with van der Waals surface area (Å²) in [6, 6.07) is 0.286. The lowest BCUT2D eigenvalue weighted by Crippen LogP contribution is -2.48. The largest absolute Gasteiger partial charge is 0.481 e. The topological polar surface area (TPSA) is 97.3 Å². The van der Waals surface area contributed by atoms with Crippen LogP contribution in [0, 0.1) is 5.92 Å². The van der Waals surface area contributed by atoms with Crippen LogP contribution in [-0.4, -0.2) is 56.1 Å². The molecule has 3 aliphatic rings. The Kier molecular flexibility index (Phi) is 3.36. The fourth-order valence-electron chi connectivity index (χ4n) is 3.05. The number of anilines is 1. The molecule has 3 N–H and O–H groups in total. The number of hydrogen-bond donors (Lipinski definition) is 2. The first-order valence-corrected chi connectivity index (χ1v) is 7.41. The number of rotatable bonds is 4. The number of aromatic nitrogens is 3. The molecule has 0 radical (unpaired) electrons. The van der Waals surface area contributed by atoms with Gasteiger partial charge in [0.25, 0.3) is 0 Å². The maximum atomic E-state index is 10.7. The Balaban J connectivity index is 1.83. The van der Waals surface area contributed by atoms with E-state index in [9.17, 15) is 4.79 Å². The molecule has 2 bridgehead atoms. The third-order valence-corrected chi connectivity index (χ3v) is 4.90. The van der Waals surface area contributed by atoms with Crippen molar-refractivity contribution in [3.8, 4) is 0 Å². The van der Waals surface area contributed by atoms with E-state index in [4.69, 9.17) is 10.8 Å². The van der Waals surface area contributed by atoms with E-state index < -0.39 is 5.97 Å². The van der Waals surface area contributed by atoms with Gasteiger partial charge in [-0.05, 0) is 31.8 Å². The summed E-state index contributed by atoms with van der Waals surface area (Å²) in [6.45, 7) is 3.27. The molecule has 3 saturated heterocycles. The summed E-state index contributed by atoms with van der Waals surface area (Å²) in [4.78, 5) is 13.1. The van der Waals surface area contributed by atoms with Crippen LogP contribution in [0.1, 0.15) is 18.9 Å². The van der Waals surface area contributed by atoms with Crippen LogP contribution in [0.3, 0.4) is 0 Å². The number of hydrogen-bond acceptors (Lipinski definition) is 6. The Bertz CT molecular complexity index is 483. The fraction of sp³-hybridized carbons (Fsp3) is 0.727. The predicted octanol–water partition coefficient (Wildman–Crippen LogP) is 0.304. The predicted molar refractivity (Wildman–Crippen MR) is 71.0 cm³/mol. The lowest BCUT2D eigenvalue weighted by Gasteiger charge is -2.45. The Morgan fingerprint density at radius 3 is 2.74 bits per heavy atom. The summed E-state index contributed by atoms with van der Waals surface area (Å²) in [5.74, 6) is 0.130. The van der Waals surface area contributed by atoms with Crippen LogP contribution >= 0.6 is 11.8 Å². The highest BCUT2D eigenvalue weighted by molar-refractivity contribution is 7.99. The van der Waals surface area contributed by atoms with Crippen molar-refractivity contribution in [2.45, 2.75) is 24.0 Å². The maximum absolute atomic E-state index is 10.7. The quantitative estimate of drug-likeness (QED) is 0.767. The molecule has 0 aromatic carbocycles. The van der Waals surface area contributed by atoms with Gasteiger partial charge in [0.05, 0.1) is 11.8 Å². The number of fused-ring (bicyclic) bond motifs is 3. The number of carboxylic acids is 1. The van der Waals surface area contributed by atoms with Gasteiger partial charge in [0, 0.05) is 6.54 Å². The van der Waals surface area contributed by atoms with Gasteiger partial charge in [0.15, 0.2) is 5.16 Å². The van der Waals surface area contributed by atoms with Gasteiger partial charge in [-0.2, -0.15) is 0 Å². The number of nitrogens with zero attached hydrogens (tertiary/aromatic N) is 4. The van der Waals surface area contributed by atoms with Crippen molar-refractivity contribution < 1.29 is 9.90 Å². The summed E-state index contributed by atoms with van der Waals surface area (Å²) in [7, 11) is 0. The maximum Gasteiger partial charge on any atom is 0.313 e. The third-order valence-electron chi connectivity index (χ3n) is 3.97. The van der Waals surface area contributed by atoms with Crippen molar-refractivity contribution in [3.63, 3.8) is 0 Å². The average molecular weight is 283 g/mol. The second-order valence-electron chi connectivity index (χ2n) is 5.10. The molecule has 1 unspecified atom stereocenters. The zero-order valence-electron chi connectivity index (χ0n) is 10.5. The summed E-state index contributed by atoms with van der Waals surface area (Å²) >= 11 is 1.19. The molecule has 7 nitrogen and oxygen atoms in total. The molecule has 4 rings (SSSR count). The van der Waals surface area contributed by atoms with Crippen molar-refractivity contribution >= 4 is 23.7 Å². The van der Waals surface area contributed by atoms with Crippen LogP contribution in [-0.2, 0) is 4.79 Å². The number of thioether (sulfide) groups is 1. The molecule has 0 aliphatic carbocycles. The van der Waals surface area contributed by atoms with Crippen molar-refractivity contribution in [2.75, 3.05) is 31.1 Å². The molecule has 0 amide bonds. The van der Waals surface area contributed by atoms with Gasteiger partial charge in [0.1, 0.15) is 0 Å². The second kappa shape index (κ2) is 5.01. The van der Waals surface area contributed by atoms with Gasteiger partial charge in [-0.3, -0.25) is 9.36 Å². The van der Waals surface area contributed by atoms with E-state index in [-0.39, 0.29) is 11.8 Å². The van der Waals surface area contributed by atoms with Gasteiger partial charge in [0.2, 0.25) is 5.95 Å². The molecule has 1 aromatic heterocycles. The molecule has 19 heavy (non-hydrogen) atoms. The normalized spacial score (nSPS) is 29.6. The van der Waals surface area contributed by atoms with Crippen LogP contribution in [0.15, 0.2) is 5.16 Å². The Hall–Kier alpha value is -1.28. The van der Waals surface area contributed by atoms with Crippen molar-refractivity contribution in [2.24, 2.45) is 5.92 Å². The van der Waals surface area contributed by atoms with Gasteiger partial charge < -0.3 is 15.7 Å². The van der Waals surface area contributed by atoms with Crippen molar-refractivity contribution in [1.82, 2.24) is 19.7 Å². The van der Waals surface area contributed by atoms with E-state index in [1.807, 2.05) is 4.57 Å². The molecule has 4 heterocycles. The highest BCUT2D eigenvalue weighted by Gasteiger charge is 2.37. The van der Waals surface area contributed by atoms with E-state index in [2.05, 4.69) is 15.1 Å². The minimum absolute atomic E-state index is 0.0146. The summed E-state index contributed by atoms with van der Waals surface area (Å²) in [5.41, 5.74) is 5.92. The first-order chi connectivity index (χ1) is 9.15. The minimum Gasteiger partial charge on any atom is -0.481 e. The standard InChI is InChI=1S/C11H17N5O2S/c12-10-13-14-11(19-6-9(17)18)16(10)8-5-15-3-1-7(8)2-4-15/h7-8H,1-6H2,(H2,12,13)(H,17,18). The van der Waals surface area contributed by atoms with Crippen molar-refractivity contribution in [3.05, 3.63) is 0 Å². The van der Waals surface area contributed by atoms with Gasteiger partial charge in [-0.15, -0.1) is 10.2 Å². The van der Waals surface area contributed by atoms with Crippen LogP contribution < -0.4 is 5.73 Å². The van der Waals surface area contributed by atoms with Crippen LogP contribution in [0.4, 0.5) is 5.95 Å². The zero-order chi connectivity index (χ0) is 13.4. The Labute approximate surface area is 115 Å². The molecule has 1 atom stereocenters. The molecular weight excluding hydrogens is 266 g/mol.